The number of nitrogens with one attached hydrogen (secondary N) is 1. The molecule has 2 rings (SSSR count). The predicted molar refractivity (Wildman–Crippen MR) is 69.3 cm³/mol. The van der Waals surface area contributed by atoms with Crippen LogP contribution in [0.15, 0.2) is 18.3 Å². The molecule has 1 aromatic rings. The number of aliphatic hydroxyl groups excluding tert-OH is 1. The Balaban J connectivity index is 1.99. The van der Waals surface area contributed by atoms with Crippen LogP contribution in [0.3, 0.4) is 0 Å². The average Bonchev–Trinajstić information content (AvgIpc) is 2.56. The number of rotatable bonds is 2. The second-order valence-electron chi connectivity index (χ2n) is 4.97. The van der Waals surface area contributed by atoms with Crippen molar-refractivity contribution in [2.24, 2.45) is 0 Å². The lowest BCUT2D eigenvalue weighted by Crippen LogP contribution is -2.42. The molecule has 0 spiro atoms. The quantitative estimate of drug-likeness (QED) is 0.785. The van der Waals surface area contributed by atoms with Crippen molar-refractivity contribution < 1.29 is 9.90 Å². The van der Waals surface area contributed by atoms with Crippen LogP contribution in [-0.4, -0.2) is 28.1 Å². The molecule has 0 saturated heterocycles. The zero-order chi connectivity index (χ0) is 13.0. The lowest BCUT2D eigenvalue weighted by molar-refractivity contribution is 0.0818. The summed E-state index contributed by atoms with van der Waals surface area (Å²) in [4.78, 5) is 16.1. The van der Waals surface area contributed by atoms with Crippen LogP contribution in [0.4, 0.5) is 0 Å². The van der Waals surface area contributed by atoms with E-state index in [9.17, 15) is 9.90 Å². The van der Waals surface area contributed by atoms with Gasteiger partial charge >= 0.3 is 0 Å². The third-order valence-corrected chi connectivity index (χ3v) is 3.47. The van der Waals surface area contributed by atoms with Crippen molar-refractivity contribution in [2.75, 3.05) is 0 Å². The van der Waals surface area contributed by atoms with Gasteiger partial charge in [0.15, 0.2) is 0 Å². The molecule has 1 aliphatic carbocycles. The molecule has 1 amide bonds. The van der Waals surface area contributed by atoms with Crippen LogP contribution in [0.25, 0.3) is 0 Å². The Labute approximate surface area is 107 Å². The lowest BCUT2D eigenvalue weighted by Gasteiger charge is -2.21. The van der Waals surface area contributed by atoms with Gasteiger partial charge in [0, 0.05) is 11.9 Å². The molecule has 1 heterocycles. The minimum Gasteiger partial charge on any atom is -0.391 e. The zero-order valence-electron chi connectivity index (χ0n) is 10.7. The number of pyridine rings is 1. The van der Waals surface area contributed by atoms with Gasteiger partial charge in [0.1, 0.15) is 0 Å². The molecule has 1 aromatic heterocycles. The number of aliphatic hydroxyl groups is 1. The summed E-state index contributed by atoms with van der Waals surface area (Å²) in [6.45, 7) is 1.89. The smallest absolute Gasteiger partial charge is 0.253 e. The van der Waals surface area contributed by atoms with Gasteiger partial charge in [-0.25, -0.2) is 0 Å². The third kappa shape index (κ3) is 3.29. The van der Waals surface area contributed by atoms with Crippen molar-refractivity contribution in [3.63, 3.8) is 0 Å². The summed E-state index contributed by atoms with van der Waals surface area (Å²) in [6, 6.07) is 3.46. The van der Waals surface area contributed by atoms with Crippen LogP contribution in [0, 0.1) is 6.92 Å². The molecule has 1 aliphatic rings. The van der Waals surface area contributed by atoms with E-state index in [-0.39, 0.29) is 11.9 Å². The van der Waals surface area contributed by atoms with Crippen LogP contribution >= 0.6 is 0 Å². The normalized spacial score (nSPS) is 24.3. The molecule has 1 fully saturated rings. The first-order valence-corrected chi connectivity index (χ1v) is 6.58. The number of nitrogens with zero attached hydrogens (tertiary/aromatic N) is 1. The van der Waals surface area contributed by atoms with E-state index in [1.807, 2.05) is 13.0 Å². The second kappa shape index (κ2) is 5.96. The van der Waals surface area contributed by atoms with Crippen LogP contribution in [0.2, 0.25) is 0 Å². The first-order chi connectivity index (χ1) is 8.66. The van der Waals surface area contributed by atoms with E-state index < -0.39 is 6.10 Å². The Morgan fingerprint density at radius 3 is 2.83 bits per heavy atom. The van der Waals surface area contributed by atoms with E-state index in [1.165, 1.54) is 0 Å². The van der Waals surface area contributed by atoms with Crippen molar-refractivity contribution in [1.29, 1.82) is 0 Å². The fourth-order valence-electron chi connectivity index (χ4n) is 2.31. The third-order valence-electron chi connectivity index (χ3n) is 3.47. The molecular weight excluding hydrogens is 228 g/mol. The molecule has 98 valence electrons. The second-order valence-corrected chi connectivity index (χ2v) is 4.97. The number of hydrogen-bond donors (Lipinski definition) is 2. The highest BCUT2D eigenvalue weighted by Crippen LogP contribution is 2.18. The molecule has 1 saturated carbocycles. The Morgan fingerprint density at radius 2 is 2.11 bits per heavy atom. The SMILES string of the molecule is Cc1ccc(C(=O)NC2CCCCCC2O)cn1. The minimum atomic E-state index is -0.421. The molecule has 2 unspecified atom stereocenters. The number of hydrogen-bond acceptors (Lipinski definition) is 3. The molecule has 4 heteroatoms. The Bertz CT molecular complexity index is 403. The van der Waals surface area contributed by atoms with Crippen molar-refractivity contribution in [1.82, 2.24) is 10.3 Å². The van der Waals surface area contributed by atoms with Gasteiger partial charge in [-0.05, 0) is 31.9 Å². The molecule has 18 heavy (non-hydrogen) atoms. The summed E-state index contributed by atoms with van der Waals surface area (Å²) in [5.74, 6) is -0.145. The van der Waals surface area contributed by atoms with Gasteiger partial charge in [-0.3, -0.25) is 9.78 Å². The highest BCUT2D eigenvalue weighted by Gasteiger charge is 2.23. The standard InChI is InChI=1S/C14H20N2O2/c1-10-7-8-11(9-15-10)14(18)16-12-5-3-2-4-6-13(12)17/h7-9,12-13,17H,2-6H2,1H3,(H,16,18). The fourth-order valence-corrected chi connectivity index (χ4v) is 2.31. The van der Waals surface area contributed by atoms with Crippen molar-refractivity contribution >= 4 is 5.91 Å². The van der Waals surface area contributed by atoms with Gasteiger partial charge in [0.25, 0.3) is 5.91 Å². The van der Waals surface area contributed by atoms with E-state index in [0.717, 1.165) is 37.8 Å². The number of carbonyl (C=O) groups is 1. The van der Waals surface area contributed by atoms with E-state index in [0.29, 0.717) is 5.56 Å². The van der Waals surface area contributed by atoms with E-state index in [4.69, 9.17) is 0 Å². The van der Waals surface area contributed by atoms with Gasteiger partial charge in [0.05, 0.1) is 17.7 Å². The van der Waals surface area contributed by atoms with Crippen molar-refractivity contribution in [3.8, 4) is 0 Å². The van der Waals surface area contributed by atoms with Crippen LogP contribution in [0.1, 0.15) is 48.2 Å². The maximum Gasteiger partial charge on any atom is 0.253 e. The van der Waals surface area contributed by atoms with Gasteiger partial charge < -0.3 is 10.4 Å². The summed E-state index contributed by atoms with van der Waals surface area (Å²) < 4.78 is 0. The summed E-state index contributed by atoms with van der Waals surface area (Å²) in [5, 5.41) is 12.9. The minimum absolute atomic E-state index is 0.124. The summed E-state index contributed by atoms with van der Waals surface area (Å²) >= 11 is 0. The zero-order valence-corrected chi connectivity index (χ0v) is 10.7. The first-order valence-electron chi connectivity index (χ1n) is 6.58. The Kier molecular flexibility index (Phi) is 4.31. The fraction of sp³-hybridized carbons (Fsp3) is 0.571. The highest BCUT2D eigenvalue weighted by atomic mass is 16.3. The molecule has 0 radical (unpaired) electrons. The van der Waals surface area contributed by atoms with Gasteiger partial charge in [0.2, 0.25) is 0 Å². The molecule has 4 nitrogen and oxygen atoms in total. The molecular formula is C14H20N2O2. The summed E-state index contributed by atoms with van der Waals surface area (Å²) in [5.41, 5.74) is 1.44. The monoisotopic (exact) mass is 248 g/mol. The topological polar surface area (TPSA) is 62.2 Å². The largest absolute Gasteiger partial charge is 0.391 e. The summed E-state index contributed by atoms with van der Waals surface area (Å²) in [6.07, 6.45) is 6.02. The Morgan fingerprint density at radius 1 is 1.33 bits per heavy atom. The van der Waals surface area contributed by atoms with E-state index >= 15 is 0 Å². The molecule has 0 aromatic carbocycles. The number of amides is 1. The number of aromatic nitrogens is 1. The van der Waals surface area contributed by atoms with Crippen LogP contribution in [0.5, 0.6) is 0 Å². The maximum atomic E-state index is 12.0. The molecule has 0 bridgehead atoms. The van der Waals surface area contributed by atoms with Crippen molar-refractivity contribution in [2.45, 2.75) is 51.2 Å². The van der Waals surface area contributed by atoms with Crippen LogP contribution < -0.4 is 5.32 Å². The first kappa shape index (κ1) is 13.0. The number of aryl methyl sites for hydroxylation is 1. The predicted octanol–water partition coefficient (Wildman–Crippen LogP) is 1.81. The molecule has 2 N–H and O–H groups in total. The van der Waals surface area contributed by atoms with E-state index in [1.54, 1.807) is 12.3 Å². The van der Waals surface area contributed by atoms with E-state index in [2.05, 4.69) is 10.3 Å². The van der Waals surface area contributed by atoms with Crippen LogP contribution in [-0.2, 0) is 0 Å². The van der Waals surface area contributed by atoms with Gasteiger partial charge in [-0.2, -0.15) is 0 Å². The Hall–Kier alpha value is -1.42. The lowest BCUT2D eigenvalue weighted by atomic mass is 10.1. The molecule has 0 aliphatic heterocycles. The van der Waals surface area contributed by atoms with Gasteiger partial charge in [-0.1, -0.05) is 19.3 Å². The molecule has 2 atom stereocenters. The average molecular weight is 248 g/mol. The highest BCUT2D eigenvalue weighted by molar-refractivity contribution is 5.94. The van der Waals surface area contributed by atoms with Crippen molar-refractivity contribution in [3.05, 3.63) is 29.6 Å². The summed E-state index contributed by atoms with van der Waals surface area (Å²) in [7, 11) is 0. The maximum absolute atomic E-state index is 12.0. The van der Waals surface area contributed by atoms with Gasteiger partial charge in [-0.15, -0.1) is 0 Å². The number of carbonyl (C=O) groups excluding carboxylic acids is 1.